The van der Waals surface area contributed by atoms with E-state index in [9.17, 15) is 9.59 Å². The molecule has 1 fully saturated rings. The summed E-state index contributed by atoms with van der Waals surface area (Å²) in [6, 6.07) is 13.9. The highest BCUT2D eigenvalue weighted by atomic mass is 16.5. The fourth-order valence-corrected chi connectivity index (χ4v) is 3.60. The Bertz CT molecular complexity index is 1100. The molecule has 1 aliphatic heterocycles. The average molecular weight is 461 g/mol. The summed E-state index contributed by atoms with van der Waals surface area (Å²) in [5, 5.41) is 8.97. The Balaban J connectivity index is 1.30. The molecule has 1 saturated heterocycles. The van der Waals surface area contributed by atoms with E-state index in [1.165, 1.54) is 0 Å². The number of anilines is 3. The monoisotopic (exact) mass is 460 g/mol. The Hall–Kier alpha value is -3.82. The summed E-state index contributed by atoms with van der Waals surface area (Å²) >= 11 is 0. The molecule has 3 heterocycles. The van der Waals surface area contributed by atoms with Gasteiger partial charge in [-0.2, -0.15) is 0 Å². The molecular formula is C25H28N6O3. The van der Waals surface area contributed by atoms with Crippen LogP contribution in [0.2, 0.25) is 0 Å². The van der Waals surface area contributed by atoms with E-state index >= 15 is 0 Å². The van der Waals surface area contributed by atoms with Crippen LogP contribution in [0, 0.1) is 0 Å². The van der Waals surface area contributed by atoms with Crippen molar-refractivity contribution in [2.24, 2.45) is 0 Å². The van der Waals surface area contributed by atoms with Crippen molar-refractivity contribution in [2.45, 2.75) is 6.42 Å². The van der Waals surface area contributed by atoms with Gasteiger partial charge in [0.15, 0.2) is 0 Å². The second kappa shape index (κ2) is 11.9. The molecule has 2 amide bonds. The number of ether oxygens (including phenoxy) is 1. The maximum atomic E-state index is 12.6. The van der Waals surface area contributed by atoms with E-state index in [0.717, 1.165) is 39.3 Å². The van der Waals surface area contributed by atoms with Crippen LogP contribution >= 0.6 is 0 Å². The third-order valence-corrected chi connectivity index (χ3v) is 5.40. The zero-order valence-corrected chi connectivity index (χ0v) is 18.9. The van der Waals surface area contributed by atoms with Crippen molar-refractivity contribution in [3.8, 4) is 0 Å². The van der Waals surface area contributed by atoms with Gasteiger partial charge in [-0.3, -0.25) is 19.5 Å². The number of benzene rings is 1. The minimum absolute atomic E-state index is 0.121. The van der Waals surface area contributed by atoms with Crippen molar-refractivity contribution >= 4 is 29.0 Å². The molecule has 0 atom stereocenters. The van der Waals surface area contributed by atoms with Crippen molar-refractivity contribution in [2.75, 3.05) is 50.0 Å². The summed E-state index contributed by atoms with van der Waals surface area (Å²) in [5.74, 6) is 0.136. The van der Waals surface area contributed by atoms with Crippen LogP contribution < -0.4 is 16.0 Å². The number of hydrogen-bond donors (Lipinski definition) is 3. The molecule has 0 bridgehead atoms. The van der Waals surface area contributed by atoms with Crippen LogP contribution in [0.4, 0.5) is 17.2 Å². The Morgan fingerprint density at radius 1 is 0.912 bits per heavy atom. The number of rotatable bonds is 9. The first-order chi connectivity index (χ1) is 16.7. The highest BCUT2D eigenvalue weighted by Crippen LogP contribution is 2.18. The van der Waals surface area contributed by atoms with Crippen molar-refractivity contribution in [1.29, 1.82) is 0 Å². The van der Waals surface area contributed by atoms with E-state index in [2.05, 4.69) is 30.8 Å². The third kappa shape index (κ3) is 6.84. The van der Waals surface area contributed by atoms with Crippen molar-refractivity contribution < 1.29 is 14.3 Å². The first kappa shape index (κ1) is 23.3. The van der Waals surface area contributed by atoms with Gasteiger partial charge in [-0.1, -0.05) is 6.07 Å². The number of nitrogens with one attached hydrogen (secondary N) is 3. The second-order valence-corrected chi connectivity index (χ2v) is 7.89. The van der Waals surface area contributed by atoms with E-state index in [0.29, 0.717) is 34.9 Å². The van der Waals surface area contributed by atoms with Gasteiger partial charge >= 0.3 is 0 Å². The predicted molar refractivity (Wildman–Crippen MR) is 130 cm³/mol. The Kier molecular flexibility index (Phi) is 8.15. The summed E-state index contributed by atoms with van der Waals surface area (Å²) in [7, 11) is 0. The van der Waals surface area contributed by atoms with E-state index < -0.39 is 0 Å². The van der Waals surface area contributed by atoms with Crippen LogP contribution in [-0.4, -0.2) is 66.1 Å². The zero-order valence-electron chi connectivity index (χ0n) is 18.9. The molecule has 9 heteroatoms. The molecule has 176 valence electrons. The topological polar surface area (TPSA) is 108 Å². The SMILES string of the molecule is O=C(NCCCN1CCOCC1)c1cccc(Nc2cc(C(=O)Nc3ccncc3)ccn2)c1. The molecular weight excluding hydrogens is 432 g/mol. The molecule has 34 heavy (non-hydrogen) atoms. The average Bonchev–Trinajstić information content (AvgIpc) is 2.88. The van der Waals surface area contributed by atoms with E-state index in [-0.39, 0.29) is 11.8 Å². The first-order valence-corrected chi connectivity index (χ1v) is 11.3. The molecule has 0 spiro atoms. The lowest BCUT2D eigenvalue weighted by Gasteiger charge is -2.26. The standard InChI is InChI=1S/C25H28N6O3/c32-24(28-8-2-12-31-13-15-34-16-14-31)19-3-1-4-22(17-19)29-23-18-20(5-11-27-23)25(33)30-21-6-9-26-10-7-21/h1,3-7,9-11,17-18H,2,8,12-16H2,(H,27,29)(H,28,32)(H,26,30,33). The molecule has 0 saturated carbocycles. The number of hydrogen-bond acceptors (Lipinski definition) is 7. The second-order valence-electron chi connectivity index (χ2n) is 7.89. The maximum absolute atomic E-state index is 12.6. The number of carbonyl (C=O) groups is 2. The molecule has 3 N–H and O–H groups in total. The molecule has 2 aromatic heterocycles. The lowest BCUT2D eigenvalue weighted by Crippen LogP contribution is -2.38. The van der Waals surface area contributed by atoms with Gasteiger partial charge in [-0.15, -0.1) is 0 Å². The summed E-state index contributed by atoms with van der Waals surface area (Å²) < 4.78 is 5.35. The lowest BCUT2D eigenvalue weighted by atomic mass is 10.1. The van der Waals surface area contributed by atoms with Crippen molar-refractivity contribution in [3.63, 3.8) is 0 Å². The van der Waals surface area contributed by atoms with Crippen LogP contribution in [0.25, 0.3) is 0 Å². The molecule has 1 aliphatic rings. The quantitative estimate of drug-likeness (QED) is 0.421. The van der Waals surface area contributed by atoms with Gasteiger partial charge in [0.2, 0.25) is 0 Å². The van der Waals surface area contributed by atoms with E-state index in [4.69, 9.17) is 4.74 Å². The first-order valence-electron chi connectivity index (χ1n) is 11.3. The van der Waals surface area contributed by atoms with Gasteiger partial charge in [0.05, 0.1) is 13.2 Å². The normalized spacial score (nSPS) is 13.8. The summed E-state index contributed by atoms with van der Waals surface area (Å²) in [6.45, 7) is 5.01. The summed E-state index contributed by atoms with van der Waals surface area (Å²) in [5.41, 5.74) is 2.39. The smallest absolute Gasteiger partial charge is 0.255 e. The Labute approximate surface area is 198 Å². The van der Waals surface area contributed by atoms with Gasteiger partial charge in [0, 0.05) is 60.7 Å². The predicted octanol–water partition coefficient (Wildman–Crippen LogP) is 2.92. The Morgan fingerprint density at radius 3 is 2.53 bits per heavy atom. The van der Waals surface area contributed by atoms with Crippen LogP contribution in [0.15, 0.2) is 67.1 Å². The summed E-state index contributed by atoms with van der Waals surface area (Å²) in [4.78, 5) is 35.7. The maximum Gasteiger partial charge on any atom is 0.255 e. The largest absolute Gasteiger partial charge is 0.379 e. The van der Waals surface area contributed by atoms with Crippen LogP contribution in [-0.2, 0) is 4.74 Å². The highest BCUT2D eigenvalue weighted by molar-refractivity contribution is 6.04. The fraction of sp³-hybridized carbons (Fsp3) is 0.280. The molecule has 3 aromatic rings. The fourth-order valence-electron chi connectivity index (χ4n) is 3.60. The highest BCUT2D eigenvalue weighted by Gasteiger charge is 2.11. The third-order valence-electron chi connectivity index (χ3n) is 5.40. The number of carbonyl (C=O) groups excluding carboxylic acids is 2. The van der Waals surface area contributed by atoms with Crippen molar-refractivity contribution in [1.82, 2.24) is 20.2 Å². The number of morpholine rings is 1. The van der Waals surface area contributed by atoms with Crippen molar-refractivity contribution in [3.05, 3.63) is 78.2 Å². The molecule has 0 unspecified atom stereocenters. The van der Waals surface area contributed by atoms with E-state index in [1.807, 2.05) is 12.1 Å². The van der Waals surface area contributed by atoms with Gasteiger partial charge in [-0.25, -0.2) is 4.98 Å². The lowest BCUT2D eigenvalue weighted by molar-refractivity contribution is 0.0374. The number of pyridine rings is 2. The van der Waals surface area contributed by atoms with Gasteiger partial charge < -0.3 is 20.7 Å². The number of nitrogens with zero attached hydrogens (tertiary/aromatic N) is 3. The van der Waals surface area contributed by atoms with E-state index in [1.54, 1.807) is 55.0 Å². The molecule has 1 aromatic carbocycles. The zero-order chi connectivity index (χ0) is 23.6. The molecule has 9 nitrogen and oxygen atoms in total. The van der Waals surface area contributed by atoms with Gasteiger partial charge in [0.25, 0.3) is 11.8 Å². The van der Waals surface area contributed by atoms with Crippen LogP contribution in [0.3, 0.4) is 0 Å². The molecule has 0 aliphatic carbocycles. The Morgan fingerprint density at radius 2 is 1.71 bits per heavy atom. The minimum atomic E-state index is -0.248. The minimum Gasteiger partial charge on any atom is -0.379 e. The van der Waals surface area contributed by atoms with Crippen LogP contribution in [0.1, 0.15) is 27.1 Å². The van der Waals surface area contributed by atoms with Crippen LogP contribution in [0.5, 0.6) is 0 Å². The molecule has 0 radical (unpaired) electrons. The molecule has 4 rings (SSSR count). The number of amides is 2. The summed E-state index contributed by atoms with van der Waals surface area (Å²) in [6.07, 6.45) is 5.68. The van der Waals surface area contributed by atoms with Gasteiger partial charge in [0.1, 0.15) is 5.82 Å². The van der Waals surface area contributed by atoms with Gasteiger partial charge in [-0.05, 0) is 55.4 Å². The number of aromatic nitrogens is 2.